The van der Waals surface area contributed by atoms with Gasteiger partial charge in [0.15, 0.2) is 5.69 Å². The van der Waals surface area contributed by atoms with Gasteiger partial charge in [-0.1, -0.05) is 20.4 Å². The topological polar surface area (TPSA) is 106 Å². The first-order valence-electron chi connectivity index (χ1n) is 10.6. The molecule has 3 rings (SSSR count). The van der Waals surface area contributed by atoms with E-state index in [2.05, 4.69) is 30.5 Å². The minimum Gasteiger partial charge on any atom is -0.394 e. The average molecular weight is 427 g/mol. The summed E-state index contributed by atoms with van der Waals surface area (Å²) in [5.74, 6) is 5.87. The van der Waals surface area contributed by atoms with Crippen LogP contribution in [0.5, 0.6) is 0 Å². The Morgan fingerprint density at radius 2 is 2.00 bits per heavy atom. The molecule has 0 saturated carbocycles. The summed E-state index contributed by atoms with van der Waals surface area (Å²) in [7, 11) is 1.94. The Balaban J connectivity index is 1.93. The van der Waals surface area contributed by atoms with E-state index in [1.807, 2.05) is 37.7 Å². The molecule has 0 bridgehead atoms. The minimum atomic E-state index is -0.776. The number of nitrogens with zero attached hydrogens (tertiary/aromatic N) is 3. The summed E-state index contributed by atoms with van der Waals surface area (Å²) in [5.41, 5.74) is 7.64. The van der Waals surface area contributed by atoms with Gasteiger partial charge in [0, 0.05) is 30.3 Å². The first-order valence-corrected chi connectivity index (χ1v) is 10.6. The summed E-state index contributed by atoms with van der Waals surface area (Å²) in [6.45, 7) is 12.4. The molecule has 0 fully saturated rings. The maximum absolute atomic E-state index is 9.82. The van der Waals surface area contributed by atoms with Crippen LogP contribution in [-0.2, 0) is 31.1 Å². The van der Waals surface area contributed by atoms with Crippen LogP contribution in [0.15, 0.2) is 23.7 Å². The van der Waals surface area contributed by atoms with E-state index in [0.717, 1.165) is 47.1 Å². The van der Waals surface area contributed by atoms with Gasteiger partial charge in [-0.2, -0.15) is 11.0 Å². The number of aliphatic hydroxyl groups excluding tert-OH is 2. The maximum Gasteiger partial charge on any atom is 0.266 e. The van der Waals surface area contributed by atoms with Crippen molar-refractivity contribution in [2.45, 2.75) is 59.5 Å². The van der Waals surface area contributed by atoms with E-state index in [-0.39, 0.29) is 17.9 Å². The largest absolute Gasteiger partial charge is 0.394 e. The first-order chi connectivity index (χ1) is 14.6. The van der Waals surface area contributed by atoms with Crippen LogP contribution in [0.25, 0.3) is 5.70 Å². The molecule has 0 amide bonds. The van der Waals surface area contributed by atoms with Crippen LogP contribution in [-0.4, -0.2) is 38.6 Å². The molecular weight excluding hydrogens is 392 g/mol. The Labute approximate surface area is 184 Å². The third-order valence-corrected chi connectivity index (χ3v) is 6.20. The molecule has 0 saturated heterocycles. The molecule has 1 aromatic heterocycles. The number of aryl methyl sites for hydroxylation is 3. The number of nitrogens with two attached hydrogens (primary N) is 1. The Kier molecular flexibility index (Phi) is 6.69. The number of benzene rings is 1. The summed E-state index contributed by atoms with van der Waals surface area (Å²) in [5, 5.41) is 23.6. The van der Waals surface area contributed by atoms with Crippen LogP contribution in [0.2, 0.25) is 0 Å². The van der Waals surface area contributed by atoms with Crippen LogP contribution >= 0.6 is 0 Å². The Bertz CT molecular complexity index is 997. The summed E-state index contributed by atoms with van der Waals surface area (Å²) in [6, 6.07) is 3.95. The van der Waals surface area contributed by atoms with Gasteiger partial charge in [0.1, 0.15) is 0 Å². The highest BCUT2D eigenvalue weighted by atomic mass is 16.6. The van der Waals surface area contributed by atoms with Gasteiger partial charge in [0.25, 0.3) is 5.90 Å². The number of rotatable bonds is 6. The SMILES string of the molecule is C=C(N=C(ON)c1nn(C)c2c1CCC(C)(C)C2)c1cc(C)c(CC(O)CO)c(C)c1. The lowest BCUT2D eigenvalue weighted by Gasteiger charge is -2.29. The molecule has 1 aliphatic rings. The van der Waals surface area contributed by atoms with Crippen molar-refractivity contribution in [2.75, 3.05) is 6.61 Å². The molecule has 1 atom stereocenters. The molecule has 1 aliphatic carbocycles. The molecular formula is C24H34N4O3. The highest BCUT2D eigenvalue weighted by molar-refractivity contribution is 5.97. The number of aromatic nitrogens is 2. The van der Waals surface area contributed by atoms with Crippen LogP contribution in [0.1, 0.15) is 59.5 Å². The van der Waals surface area contributed by atoms with Crippen molar-refractivity contribution in [3.05, 3.63) is 57.9 Å². The second kappa shape index (κ2) is 8.94. The van der Waals surface area contributed by atoms with Crippen molar-refractivity contribution in [2.24, 2.45) is 23.4 Å². The second-order valence-electron chi connectivity index (χ2n) is 9.35. The van der Waals surface area contributed by atoms with Gasteiger partial charge < -0.3 is 15.1 Å². The third-order valence-electron chi connectivity index (χ3n) is 6.20. The normalized spacial score (nSPS) is 16.7. The smallest absolute Gasteiger partial charge is 0.266 e. The zero-order chi connectivity index (χ0) is 22.9. The van der Waals surface area contributed by atoms with Crippen molar-refractivity contribution in [1.82, 2.24) is 9.78 Å². The lowest BCUT2D eigenvalue weighted by molar-refractivity contribution is 0.0953. The highest BCUT2D eigenvalue weighted by Gasteiger charge is 2.32. The van der Waals surface area contributed by atoms with E-state index in [1.165, 1.54) is 5.69 Å². The Hall–Kier alpha value is -2.48. The minimum absolute atomic E-state index is 0.239. The average Bonchev–Trinajstić information content (AvgIpc) is 3.02. The van der Waals surface area contributed by atoms with Gasteiger partial charge in [0.2, 0.25) is 0 Å². The fourth-order valence-corrected chi connectivity index (χ4v) is 4.37. The van der Waals surface area contributed by atoms with Crippen LogP contribution in [0.4, 0.5) is 0 Å². The maximum atomic E-state index is 9.82. The first kappa shape index (κ1) is 23.2. The standard InChI is InChI=1S/C24H34N4O3/c1-14-9-17(10-15(2)20(14)11-18(30)13-29)16(3)26-23(31-25)22-19-7-8-24(4,5)12-21(19)28(6)27-22/h9-10,18,29-30H,3,7-8,11-13,25H2,1-2,4-6H3. The summed E-state index contributed by atoms with van der Waals surface area (Å²) >= 11 is 0. The van der Waals surface area contributed by atoms with Gasteiger partial charge in [0.05, 0.1) is 18.4 Å². The van der Waals surface area contributed by atoms with Gasteiger partial charge in [-0.15, -0.1) is 0 Å². The number of aliphatic hydroxyl groups is 2. The monoisotopic (exact) mass is 426 g/mol. The number of hydrogen-bond donors (Lipinski definition) is 3. The van der Waals surface area contributed by atoms with Crippen LogP contribution in [0.3, 0.4) is 0 Å². The van der Waals surface area contributed by atoms with Crippen molar-refractivity contribution >= 4 is 11.6 Å². The third kappa shape index (κ3) is 4.89. The molecule has 4 N–H and O–H groups in total. The van der Waals surface area contributed by atoms with Gasteiger partial charge in [-0.3, -0.25) is 4.68 Å². The van der Waals surface area contributed by atoms with E-state index >= 15 is 0 Å². The summed E-state index contributed by atoms with van der Waals surface area (Å²) in [6.07, 6.45) is 2.54. The van der Waals surface area contributed by atoms with Gasteiger partial charge >= 0.3 is 0 Å². The van der Waals surface area contributed by atoms with Crippen molar-refractivity contribution in [3.63, 3.8) is 0 Å². The quantitative estimate of drug-likeness (QED) is 0.374. The predicted molar refractivity (Wildman–Crippen MR) is 123 cm³/mol. The van der Waals surface area contributed by atoms with Gasteiger partial charge in [-0.25, -0.2) is 4.99 Å². The number of aliphatic imine (C=N–C) groups is 1. The van der Waals surface area contributed by atoms with Crippen molar-refractivity contribution < 1.29 is 15.1 Å². The van der Waals surface area contributed by atoms with Crippen molar-refractivity contribution in [1.29, 1.82) is 0 Å². The van der Waals surface area contributed by atoms with E-state index < -0.39 is 6.10 Å². The molecule has 2 aromatic rings. The Morgan fingerprint density at radius 1 is 1.35 bits per heavy atom. The van der Waals surface area contributed by atoms with E-state index in [0.29, 0.717) is 17.8 Å². The highest BCUT2D eigenvalue weighted by Crippen LogP contribution is 2.36. The fraction of sp³-hybridized carbons (Fsp3) is 0.500. The van der Waals surface area contributed by atoms with E-state index in [1.54, 1.807) is 0 Å². The molecule has 0 aliphatic heterocycles. The number of hydrogen-bond acceptors (Lipinski definition) is 6. The fourth-order valence-electron chi connectivity index (χ4n) is 4.37. The summed E-state index contributed by atoms with van der Waals surface area (Å²) in [4.78, 5) is 9.76. The molecule has 7 heteroatoms. The second-order valence-corrected chi connectivity index (χ2v) is 9.35. The van der Waals surface area contributed by atoms with E-state index in [9.17, 15) is 5.11 Å². The lowest BCUT2D eigenvalue weighted by Crippen LogP contribution is -2.24. The van der Waals surface area contributed by atoms with Crippen molar-refractivity contribution in [3.8, 4) is 0 Å². The lowest BCUT2D eigenvalue weighted by atomic mass is 9.76. The van der Waals surface area contributed by atoms with Crippen LogP contribution < -0.4 is 5.90 Å². The molecule has 7 nitrogen and oxygen atoms in total. The molecule has 31 heavy (non-hydrogen) atoms. The zero-order valence-corrected chi connectivity index (χ0v) is 19.2. The summed E-state index contributed by atoms with van der Waals surface area (Å²) < 4.78 is 1.90. The van der Waals surface area contributed by atoms with E-state index in [4.69, 9.17) is 15.8 Å². The van der Waals surface area contributed by atoms with Crippen LogP contribution in [0, 0.1) is 19.3 Å². The van der Waals surface area contributed by atoms with Gasteiger partial charge in [-0.05, 0) is 67.3 Å². The molecule has 1 aromatic carbocycles. The molecule has 1 heterocycles. The number of fused-ring (bicyclic) bond motifs is 1. The zero-order valence-electron chi connectivity index (χ0n) is 19.2. The molecule has 168 valence electrons. The molecule has 0 spiro atoms. The Morgan fingerprint density at radius 3 is 2.58 bits per heavy atom. The molecule has 1 unspecified atom stereocenters. The predicted octanol–water partition coefficient (Wildman–Crippen LogP) is 2.76. The molecule has 0 radical (unpaired) electrons.